The SMILES string of the molecule is O=C(c1ccccc1-n1cnnn1)N1CCc2cc(S(=O)(=O)N3CCCCC3)ccc21. The van der Waals surface area contributed by atoms with Gasteiger partial charge in [0.15, 0.2) is 0 Å². The molecule has 9 nitrogen and oxygen atoms in total. The summed E-state index contributed by atoms with van der Waals surface area (Å²) in [6.45, 7) is 1.63. The van der Waals surface area contributed by atoms with E-state index in [-0.39, 0.29) is 5.91 Å². The Hall–Kier alpha value is -3.11. The first-order valence-corrected chi connectivity index (χ1v) is 11.8. The largest absolute Gasteiger partial charge is 0.308 e. The smallest absolute Gasteiger partial charge is 0.260 e. The van der Waals surface area contributed by atoms with Gasteiger partial charge in [0.1, 0.15) is 6.33 Å². The van der Waals surface area contributed by atoms with E-state index in [2.05, 4.69) is 15.5 Å². The zero-order valence-electron chi connectivity index (χ0n) is 16.9. The van der Waals surface area contributed by atoms with Crippen LogP contribution in [0.15, 0.2) is 53.7 Å². The molecule has 3 aromatic rings. The molecule has 0 bridgehead atoms. The highest BCUT2D eigenvalue weighted by Gasteiger charge is 2.31. The second-order valence-electron chi connectivity index (χ2n) is 7.73. The third-order valence-corrected chi connectivity index (χ3v) is 7.77. The lowest BCUT2D eigenvalue weighted by Crippen LogP contribution is -2.35. The van der Waals surface area contributed by atoms with E-state index in [4.69, 9.17) is 0 Å². The van der Waals surface area contributed by atoms with Crippen molar-refractivity contribution in [1.82, 2.24) is 24.5 Å². The summed E-state index contributed by atoms with van der Waals surface area (Å²) in [4.78, 5) is 15.4. The van der Waals surface area contributed by atoms with Gasteiger partial charge in [-0.1, -0.05) is 18.6 Å². The summed E-state index contributed by atoms with van der Waals surface area (Å²) in [5, 5.41) is 11.2. The Labute approximate surface area is 180 Å². The number of piperidine rings is 1. The Balaban J connectivity index is 1.45. The molecule has 1 aromatic heterocycles. The van der Waals surface area contributed by atoms with E-state index < -0.39 is 10.0 Å². The van der Waals surface area contributed by atoms with Crippen LogP contribution >= 0.6 is 0 Å². The van der Waals surface area contributed by atoms with Gasteiger partial charge in [0.2, 0.25) is 10.0 Å². The van der Waals surface area contributed by atoms with Crippen LogP contribution in [0.1, 0.15) is 35.2 Å². The lowest BCUT2D eigenvalue weighted by molar-refractivity contribution is 0.0989. The van der Waals surface area contributed by atoms with Crippen LogP contribution in [0, 0.1) is 0 Å². The highest BCUT2D eigenvalue weighted by Crippen LogP contribution is 2.33. The number of carbonyl (C=O) groups is 1. The summed E-state index contributed by atoms with van der Waals surface area (Å²) in [6, 6.07) is 12.2. The van der Waals surface area contributed by atoms with Gasteiger partial charge in [-0.05, 0) is 65.6 Å². The highest BCUT2D eigenvalue weighted by molar-refractivity contribution is 7.89. The standard InChI is InChI=1S/C21H22N6O3S/c28-21(18-6-2-3-7-20(18)27-15-22-23-24-27)26-13-10-16-14-17(8-9-19(16)26)31(29,30)25-11-4-1-5-12-25/h2-3,6-9,14-15H,1,4-5,10-13H2. The zero-order valence-corrected chi connectivity index (χ0v) is 17.7. The molecule has 0 radical (unpaired) electrons. The number of carbonyl (C=O) groups excluding carboxylic acids is 1. The molecule has 2 aliphatic heterocycles. The number of nitrogens with zero attached hydrogens (tertiary/aromatic N) is 6. The van der Waals surface area contributed by atoms with E-state index in [0.29, 0.717) is 42.2 Å². The molecular formula is C21H22N6O3S. The van der Waals surface area contributed by atoms with E-state index in [1.807, 2.05) is 6.07 Å². The normalized spacial score (nSPS) is 17.0. The number of aromatic nitrogens is 4. The minimum absolute atomic E-state index is 0.170. The Morgan fingerprint density at radius 2 is 1.74 bits per heavy atom. The summed E-state index contributed by atoms with van der Waals surface area (Å²) in [6.07, 6.45) is 4.92. The fraction of sp³-hybridized carbons (Fsp3) is 0.333. The number of rotatable bonds is 4. The summed E-state index contributed by atoms with van der Waals surface area (Å²) in [7, 11) is -3.51. The Kier molecular flexibility index (Phi) is 5.03. The number of amides is 1. The number of tetrazole rings is 1. The zero-order chi connectivity index (χ0) is 21.4. The molecule has 31 heavy (non-hydrogen) atoms. The van der Waals surface area contributed by atoms with Gasteiger partial charge in [0.25, 0.3) is 5.91 Å². The summed E-state index contributed by atoms with van der Waals surface area (Å²) < 4.78 is 29.1. The molecule has 1 amide bonds. The molecular weight excluding hydrogens is 416 g/mol. The fourth-order valence-corrected chi connectivity index (χ4v) is 5.84. The van der Waals surface area contributed by atoms with E-state index in [9.17, 15) is 13.2 Å². The van der Waals surface area contributed by atoms with Crippen LogP contribution in [-0.4, -0.2) is 58.5 Å². The third-order valence-electron chi connectivity index (χ3n) is 5.87. The molecule has 1 fully saturated rings. The maximum absolute atomic E-state index is 13.4. The van der Waals surface area contributed by atoms with Crippen molar-refractivity contribution in [3.63, 3.8) is 0 Å². The second-order valence-corrected chi connectivity index (χ2v) is 9.67. The minimum atomic E-state index is -3.51. The molecule has 0 spiro atoms. The van der Waals surface area contributed by atoms with E-state index in [1.54, 1.807) is 45.6 Å². The van der Waals surface area contributed by atoms with Crippen molar-refractivity contribution in [3.05, 3.63) is 59.9 Å². The van der Waals surface area contributed by atoms with Crippen molar-refractivity contribution in [2.45, 2.75) is 30.6 Å². The molecule has 2 aromatic carbocycles. The van der Waals surface area contributed by atoms with Crippen LogP contribution in [0.4, 0.5) is 5.69 Å². The van der Waals surface area contributed by atoms with Crippen molar-refractivity contribution in [1.29, 1.82) is 0 Å². The number of sulfonamides is 1. The summed E-state index contributed by atoms with van der Waals surface area (Å²) in [5.41, 5.74) is 2.68. The average molecular weight is 439 g/mol. The number of para-hydroxylation sites is 1. The van der Waals surface area contributed by atoms with Crippen LogP contribution in [0.25, 0.3) is 5.69 Å². The quantitative estimate of drug-likeness (QED) is 0.618. The predicted molar refractivity (Wildman–Crippen MR) is 114 cm³/mol. The molecule has 1 saturated heterocycles. The summed E-state index contributed by atoms with van der Waals surface area (Å²) >= 11 is 0. The first kappa shape index (κ1) is 19.8. The molecule has 0 saturated carbocycles. The van der Waals surface area contributed by atoms with Gasteiger partial charge in [0.05, 0.1) is 16.1 Å². The molecule has 2 aliphatic rings. The minimum Gasteiger partial charge on any atom is -0.308 e. The van der Waals surface area contributed by atoms with Crippen molar-refractivity contribution in [2.75, 3.05) is 24.5 Å². The van der Waals surface area contributed by atoms with Crippen molar-refractivity contribution >= 4 is 21.6 Å². The maximum Gasteiger partial charge on any atom is 0.260 e. The van der Waals surface area contributed by atoms with Gasteiger partial charge >= 0.3 is 0 Å². The van der Waals surface area contributed by atoms with Crippen molar-refractivity contribution in [3.8, 4) is 5.69 Å². The molecule has 0 N–H and O–H groups in total. The monoisotopic (exact) mass is 438 g/mol. The third kappa shape index (κ3) is 3.51. The van der Waals surface area contributed by atoms with Crippen LogP contribution in [0.5, 0.6) is 0 Å². The average Bonchev–Trinajstić information content (AvgIpc) is 3.49. The molecule has 0 aliphatic carbocycles. The van der Waals surface area contributed by atoms with E-state index in [1.165, 1.54) is 11.0 Å². The number of hydrogen-bond donors (Lipinski definition) is 0. The number of anilines is 1. The predicted octanol–water partition coefficient (Wildman–Crippen LogP) is 2.04. The first-order chi connectivity index (χ1) is 15.1. The lowest BCUT2D eigenvalue weighted by atomic mass is 10.1. The Morgan fingerprint density at radius 1 is 0.935 bits per heavy atom. The second kappa shape index (κ2) is 7.86. The Morgan fingerprint density at radius 3 is 2.52 bits per heavy atom. The molecule has 10 heteroatoms. The number of fused-ring (bicyclic) bond motifs is 1. The van der Waals surface area contributed by atoms with Crippen LogP contribution < -0.4 is 4.90 Å². The maximum atomic E-state index is 13.4. The van der Waals surface area contributed by atoms with Crippen molar-refractivity contribution < 1.29 is 13.2 Å². The number of benzene rings is 2. The van der Waals surface area contributed by atoms with Gasteiger partial charge < -0.3 is 4.90 Å². The molecule has 5 rings (SSSR count). The van der Waals surface area contributed by atoms with Crippen LogP contribution in [0.3, 0.4) is 0 Å². The fourth-order valence-electron chi connectivity index (χ4n) is 4.28. The molecule has 0 atom stereocenters. The van der Waals surface area contributed by atoms with Gasteiger partial charge in [-0.15, -0.1) is 5.10 Å². The van der Waals surface area contributed by atoms with E-state index in [0.717, 1.165) is 30.5 Å². The van der Waals surface area contributed by atoms with Gasteiger partial charge in [-0.3, -0.25) is 4.79 Å². The Bertz CT molecular complexity index is 1220. The molecule has 3 heterocycles. The first-order valence-electron chi connectivity index (χ1n) is 10.3. The lowest BCUT2D eigenvalue weighted by Gasteiger charge is -2.26. The molecule has 160 valence electrons. The number of hydrogen-bond acceptors (Lipinski definition) is 6. The summed E-state index contributed by atoms with van der Waals surface area (Å²) in [5.74, 6) is -0.170. The van der Waals surface area contributed by atoms with Gasteiger partial charge in [0, 0.05) is 25.3 Å². The highest BCUT2D eigenvalue weighted by atomic mass is 32.2. The molecule has 0 unspecified atom stereocenters. The van der Waals surface area contributed by atoms with E-state index >= 15 is 0 Å². The van der Waals surface area contributed by atoms with Gasteiger partial charge in [-0.2, -0.15) is 8.99 Å². The van der Waals surface area contributed by atoms with Crippen LogP contribution in [-0.2, 0) is 16.4 Å². The topological polar surface area (TPSA) is 101 Å². The van der Waals surface area contributed by atoms with Gasteiger partial charge in [-0.25, -0.2) is 8.42 Å². The van der Waals surface area contributed by atoms with Crippen LogP contribution in [0.2, 0.25) is 0 Å². The van der Waals surface area contributed by atoms with Crippen molar-refractivity contribution in [2.24, 2.45) is 0 Å².